The molecule has 16 nitrogen and oxygen atoms in total. The summed E-state index contributed by atoms with van der Waals surface area (Å²) in [5.74, 6) is -1.64. The molecule has 46 heavy (non-hydrogen) atoms. The molecule has 0 radical (unpaired) electrons. The third kappa shape index (κ3) is 13.5. The third-order valence-electron chi connectivity index (χ3n) is 6.38. The van der Waals surface area contributed by atoms with Crippen molar-refractivity contribution >= 4 is 41.5 Å². The van der Waals surface area contributed by atoms with E-state index in [4.69, 9.17) is 25.7 Å². The van der Waals surface area contributed by atoms with E-state index in [0.717, 1.165) is 0 Å². The lowest BCUT2D eigenvalue weighted by Crippen LogP contribution is -2.51. The fourth-order valence-corrected chi connectivity index (χ4v) is 4.48. The lowest BCUT2D eigenvalue weighted by Gasteiger charge is -2.29. The van der Waals surface area contributed by atoms with E-state index in [1.165, 1.54) is 24.3 Å². The van der Waals surface area contributed by atoms with Crippen LogP contribution in [-0.4, -0.2) is 53.7 Å². The minimum absolute atomic E-state index is 0.0666. The second-order valence-electron chi connectivity index (χ2n) is 11.7. The number of rotatable bonds is 15. The van der Waals surface area contributed by atoms with Gasteiger partial charge in [0.2, 0.25) is 5.91 Å². The van der Waals surface area contributed by atoms with E-state index in [9.17, 15) is 34.1 Å². The van der Waals surface area contributed by atoms with Crippen LogP contribution in [0.4, 0.5) is 25.8 Å². The van der Waals surface area contributed by atoms with Crippen LogP contribution in [0.3, 0.4) is 0 Å². The van der Waals surface area contributed by atoms with E-state index in [-0.39, 0.29) is 42.8 Å². The summed E-state index contributed by atoms with van der Waals surface area (Å²) >= 11 is 0. The number of hydrogen-bond donors (Lipinski definition) is 5. The molecule has 250 valence electrons. The van der Waals surface area contributed by atoms with Gasteiger partial charge in [0.25, 0.3) is 11.6 Å². The highest BCUT2D eigenvalue weighted by molar-refractivity contribution is 5.98. The van der Waals surface area contributed by atoms with Gasteiger partial charge in [-0.25, -0.2) is 14.4 Å². The summed E-state index contributed by atoms with van der Waals surface area (Å²) < 4.78 is 15.2. The summed E-state index contributed by atoms with van der Waals surface area (Å²) in [6, 6.07) is 9.35. The van der Waals surface area contributed by atoms with Crippen molar-refractivity contribution in [2.75, 3.05) is 11.9 Å². The summed E-state index contributed by atoms with van der Waals surface area (Å²) in [5, 5.41) is 18.5. The number of nitrogens with two attached hydrogens (primary N) is 2. The maximum Gasteiger partial charge on any atom is 0.514 e. The Balaban J connectivity index is 2.04. The van der Waals surface area contributed by atoms with Crippen molar-refractivity contribution in [1.29, 1.82) is 0 Å². The van der Waals surface area contributed by atoms with Gasteiger partial charge in [0, 0.05) is 30.3 Å². The number of carbonyl (C=O) groups is 5. The normalized spacial score (nSPS) is 12.9. The lowest BCUT2D eigenvalue weighted by molar-refractivity contribution is -0.384. The predicted molar refractivity (Wildman–Crippen MR) is 165 cm³/mol. The quantitative estimate of drug-likeness (QED) is 0.0618. The summed E-state index contributed by atoms with van der Waals surface area (Å²) in [7, 11) is 0. The van der Waals surface area contributed by atoms with Crippen LogP contribution in [0.5, 0.6) is 5.75 Å². The van der Waals surface area contributed by atoms with Crippen LogP contribution in [0, 0.1) is 21.4 Å². The number of anilines is 1. The lowest BCUT2D eigenvalue weighted by atomic mass is 9.83. The van der Waals surface area contributed by atoms with E-state index in [1.807, 2.05) is 20.8 Å². The molecule has 2 aromatic carbocycles. The monoisotopic (exact) mass is 644 g/mol. The van der Waals surface area contributed by atoms with Crippen LogP contribution in [-0.2, 0) is 25.7 Å². The Bertz CT molecular complexity index is 1380. The van der Waals surface area contributed by atoms with Crippen molar-refractivity contribution in [2.45, 2.75) is 65.7 Å². The molecule has 0 saturated heterocycles. The van der Waals surface area contributed by atoms with E-state index in [0.29, 0.717) is 17.7 Å². The number of hydrogen-bond acceptors (Lipinski definition) is 10. The molecular weight excluding hydrogens is 604 g/mol. The first-order chi connectivity index (χ1) is 21.5. The van der Waals surface area contributed by atoms with Gasteiger partial charge in [-0.2, -0.15) is 0 Å². The summed E-state index contributed by atoms with van der Waals surface area (Å²) in [5.41, 5.74) is 10.9. The highest BCUT2D eigenvalue weighted by Crippen LogP contribution is 2.27. The standard InChI is InChI=1S/C30H40N6O10/c1-18(16-30(2,3)4)24(46-28(32)40)26(38)35-23(6-5-15-33-27(31)39)25(37)34-20-9-7-19(8-10-20)17-44-29(41)45-22-13-11-21(12-14-22)36(42)43/h7-14,18,23-24H,5-6,15-17H2,1-4H3,(H2,32,40)(H,34,37)(H,35,38)(H3,31,33,39)/t18?,23-,24-/m0/s1. The largest absolute Gasteiger partial charge is 0.514 e. The number of primary amides is 2. The maximum absolute atomic E-state index is 13.3. The second kappa shape index (κ2) is 17.2. The van der Waals surface area contributed by atoms with Crippen LogP contribution >= 0.6 is 0 Å². The molecule has 0 bridgehead atoms. The molecule has 0 aromatic heterocycles. The zero-order valence-corrected chi connectivity index (χ0v) is 26.1. The number of carbonyl (C=O) groups excluding carboxylic acids is 5. The molecule has 2 aromatic rings. The first kappa shape index (κ1) is 36.8. The fraction of sp³-hybridized carbons (Fsp3) is 0.433. The van der Waals surface area contributed by atoms with Gasteiger partial charge in [-0.1, -0.05) is 39.8 Å². The predicted octanol–water partition coefficient (Wildman–Crippen LogP) is 3.72. The van der Waals surface area contributed by atoms with Gasteiger partial charge in [-0.3, -0.25) is 19.7 Å². The molecule has 5 amide bonds. The van der Waals surface area contributed by atoms with Gasteiger partial charge in [0.1, 0.15) is 18.4 Å². The Labute approximate surface area is 265 Å². The highest BCUT2D eigenvalue weighted by Gasteiger charge is 2.34. The van der Waals surface area contributed by atoms with Gasteiger partial charge < -0.3 is 41.6 Å². The van der Waals surface area contributed by atoms with Crippen molar-refractivity contribution in [3.8, 4) is 5.75 Å². The minimum Gasteiger partial charge on any atom is -0.436 e. The van der Waals surface area contributed by atoms with Crippen molar-refractivity contribution in [3.63, 3.8) is 0 Å². The molecule has 1 unspecified atom stereocenters. The molecule has 7 N–H and O–H groups in total. The molecule has 0 spiro atoms. The van der Waals surface area contributed by atoms with Crippen LogP contribution in [0.1, 0.15) is 52.5 Å². The van der Waals surface area contributed by atoms with E-state index in [2.05, 4.69) is 16.0 Å². The number of benzene rings is 2. The molecule has 0 saturated carbocycles. The summed E-state index contributed by atoms with van der Waals surface area (Å²) in [6.07, 6.45) is -2.49. The average Bonchev–Trinajstić information content (AvgIpc) is 2.96. The summed E-state index contributed by atoms with van der Waals surface area (Å²) in [6.45, 7) is 7.63. The first-order valence-corrected chi connectivity index (χ1v) is 14.3. The van der Waals surface area contributed by atoms with Gasteiger partial charge in [-0.05, 0) is 54.5 Å². The SMILES string of the molecule is CC(CC(C)(C)C)[C@H](OC(N)=O)C(=O)N[C@@H](CCCNC(N)=O)C(=O)Nc1ccc(COC(=O)Oc2ccc([N+](=O)[O-])cc2)cc1. The smallest absolute Gasteiger partial charge is 0.436 e. The number of nitro groups is 1. The Morgan fingerprint density at radius 1 is 0.957 bits per heavy atom. The number of non-ortho nitro benzene ring substituents is 1. The van der Waals surface area contributed by atoms with Crippen LogP contribution in [0.15, 0.2) is 48.5 Å². The number of amides is 5. The van der Waals surface area contributed by atoms with Crippen molar-refractivity contribution in [2.24, 2.45) is 22.8 Å². The Morgan fingerprint density at radius 2 is 1.59 bits per heavy atom. The molecule has 0 fully saturated rings. The molecule has 0 aliphatic heterocycles. The molecule has 0 aliphatic carbocycles. The van der Waals surface area contributed by atoms with Crippen LogP contribution in [0.25, 0.3) is 0 Å². The molecule has 2 rings (SSSR count). The van der Waals surface area contributed by atoms with E-state index < -0.39 is 53.1 Å². The number of nitro benzene ring substituents is 1. The zero-order valence-electron chi connectivity index (χ0n) is 26.1. The number of urea groups is 1. The minimum atomic E-state index is -1.25. The van der Waals surface area contributed by atoms with E-state index >= 15 is 0 Å². The maximum atomic E-state index is 13.3. The Hall–Kier alpha value is -5.41. The van der Waals surface area contributed by atoms with Crippen molar-refractivity contribution in [3.05, 3.63) is 64.2 Å². The Morgan fingerprint density at radius 3 is 2.13 bits per heavy atom. The van der Waals surface area contributed by atoms with Gasteiger partial charge in [-0.15, -0.1) is 0 Å². The molecule has 0 aliphatic rings. The topological polar surface area (TPSA) is 244 Å². The van der Waals surface area contributed by atoms with Gasteiger partial charge >= 0.3 is 18.3 Å². The number of ether oxygens (including phenoxy) is 3. The van der Waals surface area contributed by atoms with Crippen molar-refractivity contribution < 1.29 is 43.1 Å². The summed E-state index contributed by atoms with van der Waals surface area (Å²) in [4.78, 5) is 71.3. The van der Waals surface area contributed by atoms with Crippen LogP contribution < -0.4 is 32.2 Å². The van der Waals surface area contributed by atoms with E-state index in [1.54, 1.807) is 31.2 Å². The molecule has 0 heterocycles. The van der Waals surface area contributed by atoms with Gasteiger partial charge in [0.05, 0.1) is 4.92 Å². The third-order valence-corrected chi connectivity index (χ3v) is 6.38. The number of nitrogens with zero attached hydrogens (tertiary/aromatic N) is 1. The first-order valence-electron chi connectivity index (χ1n) is 14.3. The average molecular weight is 645 g/mol. The zero-order chi connectivity index (χ0) is 34.4. The number of nitrogens with one attached hydrogen (secondary N) is 3. The molecule has 3 atom stereocenters. The second-order valence-corrected chi connectivity index (χ2v) is 11.7. The van der Waals surface area contributed by atoms with Crippen molar-refractivity contribution in [1.82, 2.24) is 10.6 Å². The highest BCUT2D eigenvalue weighted by atomic mass is 16.7. The Kier molecular flexibility index (Phi) is 13.7. The molecular formula is C30H40N6O10. The fourth-order valence-electron chi connectivity index (χ4n) is 4.48. The van der Waals surface area contributed by atoms with Gasteiger partial charge in [0.15, 0.2) is 6.10 Å². The van der Waals surface area contributed by atoms with Crippen LogP contribution in [0.2, 0.25) is 0 Å². The molecule has 16 heteroatoms.